The highest BCUT2D eigenvalue weighted by molar-refractivity contribution is 5.68. The lowest BCUT2D eigenvalue weighted by molar-refractivity contribution is 0.00803. The molecule has 6 heteroatoms. The lowest BCUT2D eigenvalue weighted by Gasteiger charge is -2.35. The number of rotatable bonds is 2. The van der Waals surface area contributed by atoms with Gasteiger partial charge in [-0.15, -0.1) is 0 Å². The Labute approximate surface area is 101 Å². The van der Waals surface area contributed by atoms with Crippen molar-refractivity contribution < 1.29 is 18.3 Å². The van der Waals surface area contributed by atoms with Crippen LogP contribution in [0.15, 0.2) is 0 Å². The van der Waals surface area contributed by atoms with Gasteiger partial charge in [0.15, 0.2) is 0 Å². The summed E-state index contributed by atoms with van der Waals surface area (Å²) in [6, 6.07) is 0. The molecule has 0 aromatic rings. The van der Waals surface area contributed by atoms with Crippen LogP contribution in [0.25, 0.3) is 0 Å². The first-order valence-corrected chi connectivity index (χ1v) is 5.76. The molecule has 0 aromatic carbocycles. The van der Waals surface area contributed by atoms with Gasteiger partial charge in [0.2, 0.25) is 0 Å². The molecule has 4 nitrogen and oxygen atoms in total. The molecule has 1 rings (SSSR count). The smallest absolute Gasteiger partial charge is 0.410 e. The average Bonchev–Trinajstić information content (AvgIpc) is 2.15. The number of amides is 1. The molecule has 100 valence electrons. The fourth-order valence-corrected chi connectivity index (χ4v) is 1.63. The Kier molecular flexibility index (Phi) is 4.68. The van der Waals surface area contributed by atoms with Gasteiger partial charge in [0.1, 0.15) is 5.60 Å². The van der Waals surface area contributed by atoms with Crippen LogP contribution < -0.4 is 0 Å². The number of halogens is 2. The molecule has 1 heterocycles. The van der Waals surface area contributed by atoms with Crippen LogP contribution in [0, 0.1) is 0 Å². The summed E-state index contributed by atoms with van der Waals surface area (Å²) >= 11 is 0. The third-order valence-electron chi connectivity index (χ3n) is 2.42. The second-order valence-corrected chi connectivity index (χ2v) is 5.16. The van der Waals surface area contributed by atoms with Crippen LogP contribution in [0.5, 0.6) is 0 Å². The van der Waals surface area contributed by atoms with E-state index in [0.29, 0.717) is 26.2 Å². The standard InChI is InChI=1S/C11H20F2N2O2/c1-11(2,3)17-10(16)15-6-4-14(5-7-15)8-9(12)13/h9H,4-8H2,1-3H3. The zero-order chi connectivity index (χ0) is 13.1. The SMILES string of the molecule is CC(C)(C)OC(=O)N1CCN(CC(F)F)CC1. The van der Waals surface area contributed by atoms with Gasteiger partial charge in [-0.3, -0.25) is 4.90 Å². The summed E-state index contributed by atoms with van der Waals surface area (Å²) in [6.45, 7) is 7.03. The molecule has 1 aliphatic rings. The van der Waals surface area contributed by atoms with Crippen LogP contribution in [0.3, 0.4) is 0 Å². The average molecular weight is 250 g/mol. The predicted molar refractivity (Wildman–Crippen MR) is 60.3 cm³/mol. The zero-order valence-corrected chi connectivity index (χ0v) is 10.6. The molecule has 0 aliphatic carbocycles. The van der Waals surface area contributed by atoms with Crippen molar-refractivity contribution in [1.82, 2.24) is 9.80 Å². The number of carbonyl (C=O) groups excluding carboxylic acids is 1. The van der Waals surface area contributed by atoms with Gasteiger partial charge < -0.3 is 9.64 Å². The van der Waals surface area contributed by atoms with Crippen LogP contribution in [-0.4, -0.2) is 60.6 Å². The van der Waals surface area contributed by atoms with E-state index in [1.165, 1.54) is 0 Å². The molecule has 0 bridgehead atoms. The number of carbonyl (C=O) groups is 1. The molecule has 1 saturated heterocycles. The summed E-state index contributed by atoms with van der Waals surface area (Å²) in [6.07, 6.45) is -2.68. The largest absolute Gasteiger partial charge is 0.444 e. The maximum absolute atomic E-state index is 12.2. The Morgan fingerprint density at radius 2 is 1.76 bits per heavy atom. The summed E-state index contributed by atoms with van der Waals surface area (Å²) in [5.41, 5.74) is -0.517. The van der Waals surface area contributed by atoms with Gasteiger partial charge in [0.25, 0.3) is 6.43 Å². The molecule has 17 heavy (non-hydrogen) atoms. The number of hydrogen-bond donors (Lipinski definition) is 0. The van der Waals surface area contributed by atoms with Crippen molar-refractivity contribution in [3.63, 3.8) is 0 Å². The molecule has 0 radical (unpaired) electrons. The summed E-state index contributed by atoms with van der Waals surface area (Å²) in [5.74, 6) is 0. The van der Waals surface area contributed by atoms with Crippen LogP contribution >= 0.6 is 0 Å². The van der Waals surface area contributed by atoms with Gasteiger partial charge in [-0.2, -0.15) is 0 Å². The third kappa shape index (κ3) is 5.30. The maximum atomic E-state index is 12.2. The summed E-state index contributed by atoms with van der Waals surface area (Å²) < 4.78 is 29.5. The van der Waals surface area contributed by atoms with E-state index < -0.39 is 12.0 Å². The molecule has 0 aromatic heterocycles. The third-order valence-corrected chi connectivity index (χ3v) is 2.42. The molecular weight excluding hydrogens is 230 g/mol. The second kappa shape index (κ2) is 5.62. The summed E-state index contributed by atoms with van der Waals surface area (Å²) in [7, 11) is 0. The lowest BCUT2D eigenvalue weighted by atomic mass is 10.2. The van der Waals surface area contributed by atoms with E-state index in [-0.39, 0.29) is 12.6 Å². The minimum atomic E-state index is -2.32. The number of ether oxygens (including phenoxy) is 1. The monoisotopic (exact) mass is 250 g/mol. The van der Waals surface area contributed by atoms with Crippen molar-refractivity contribution in [3.05, 3.63) is 0 Å². The minimum absolute atomic E-state index is 0.220. The van der Waals surface area contributed by atoms with E-state index >= 15 is 0 Å². The number of piperazine rings is 1. The quantitative estimate of drug-likeness (QED) is 0.749. The summed E-state index contributed by atoms with van der Waals surface area (Å²) in [5, 5.41) is 0. The highest BCUT2D eigenvalue weighted by Gasteiger charge is 2.26. The highest BCUT2D eigenvalue weighted by atomic mass is 19.3. The van der Waals surface area contributed by atoms with E-state index in [4.69, 9.17) is 4.74 Å². The first-order chi connectivity index (χ1) is 7.78. The van der Waals surface area contributed by atoms with Crippen molar-refractivity contribution >= 4 is 6.09 Å². The molecule has 1 fully saturated rings. The molecule has 0 unspecified atom stereocenters. The molecule has 0 saturated carbocycles. The Balaban J connectivity index is 2.34. The minimum Gasteiger partial charge on any atom is -0.444 e. The fraction of sp³-hybridized carbons (Fsp3) is 0.909. The van der Waals surface area contributed by atoms with Gasteiger partial charge in [-0.25, -0.2) is 13.6 Å². The second-order valence-electron chi connectivity index (χ2n) is 5.16. The van der Waals surface area contributed by atoms with Gasteiger partial charge in [0.05, 0.1) is 6.54 Å². The molecule has 0 spiro atoms. The van der Waals surface area contributed by atoms with E-state index in [0.717, 1.165) is 0 Å². The van der Waals surface area contributed by atoms with Gasteiger partial charge in [-0.05, 0) is 20.8 Å². The van der Waals surface area contributed by atoms with Crippen molar-refractivity contribution in [1.29, 1.82) is 0 Å². The van der Waals surface area contributed by atoms with Gasteiger partial charge in [0, 0.05) is 26.2 Å². The van der Waals surface area contributed by atoms with Crippen LogP contribution in [-0.2, 0) is 4.74 Å². The van der Waals surface area contributed by atoms with Gasteiger partial charge in [-0.1, -0.05) is 0 Å². The molecular formula is C11H20F2N2O2. The van der Waals surface area contributed by atoms with Crippen LogP contribution in [0.1, 0.15) is 20.8 Å². The highest BCUT2D eigenvalue weighted by Crippen LogP contribution is 2.12. The predicted octanol–water partition coefficient (Wildman–Crippen LogP) is 1.80. The number of nitrogens with zero attached hydrogens (tertiary/aromatic N) is 2. The van der Waals surface area contributed by atoms with Crippen LogP contribution in [0.2, 0.25) is 0 Å². The van der Waals surface area contributed by atoms with E-state index in [2.05, 4.69) is 0 Å². The lowest BCUT2D eigenvalue weighted by Crippen LogP contribution is -2.50. The molecule has 0 N–H and O–H groups in total. The van der Waals surface area contributed by atoms with Crippen molar-refractivity contribution in [2.45, 2.75) is 32.8 Å². The Morgan fingerprint density at radius 1 is 1.24 bits per heavy atom. The summed E-state index contributed by atoms with van der Waals surface area (Å²) in [4.78, 5) is 14.9. The number of alkyl halides is 2. The van der Waals surface area contributed by atoms with E-state index in [9.17, 15) is 13.6 Å². The maximum Gasteiger partial charge on any atom is 0.410 e. The first-order valence-electron chi connectivity index (χ1n) is 5.76. The fourth-order valence-electron chi connectivity index (χ4n) is 1.63. The van der Waals surface area contributed by atoms with Crippen molar-refractivity contribution in [3.8, 4) is 0 Å². The topological polar surface area (TPSA) is 32.8 Å². The molecule has 1 aliphatic heterocycles. The normalized spacial score (nSPS) is 18.6. The van der Waals surface area contributed by atoms with E-state index in [1.54, 1.807) is 30.6 Å². The van der Waals surface area contributed by atoms with E-state index in [1.807, 2.05) is 0 Å². The van der Waals surface area contributed by atoms with Crippen LogP contribution in [0.4, 0.5) is 13.6 Å². The Morgan fingerprint density at radius 3 is 2.18 bits per heavy atom. The Hall–Kier alpha value is -0.910. The molecule has 1 amide bonds. The molecule has 0 atom stereocenters. The van der Waals surface area contributed by atoms with Crippen molar-refractivity contribution in [2.24, 2.45) is 0 Å². The first kappa shape index (κ1) is 14.2. The Bertz CT molecular complexity index is 259. The number of hydrogen-bond acceptors (Lipinski definition) is 3. The zero-order valence-electron chi connectivity index (χ0n) is 10.6. The van der Waals surface area contributed by atoms with Crippen molar-refractivity contribution in [2.75, 3.05) is 32.7 Å². The van der Waals surface area contributed by atoms with Gasteiger partial charge >= 0.3 is 6.09 Å².